The Bertz CT molecular complexity index is 635. The van der Waals surface area contributed by atoms with Crippen LogP contribution in [0.5, 0.6) is 11.5 Å². The second-order valence-corrected chi connectivity index (χ2v) is 4.82. The molecule has 2 aromatic rings. The lowest BCUT2D eigenvalue weighted by atomic mass is 10.1. The molecule has 0 aliphatic carbocycles. The lowest BCUT2D eigenvalue weighted by Crippen LogP contribution is -2.19. The molecule has 4 heteroatoms. The van der Waals surface area contributed by atoms with Gasteiger partial charge in [-0.1, -0.05) is 30.3 Å². The molecule has 0 amide bonds. The van der Waals surface area contributed by atoms with Crippen molar-refractivity contribution < 1.29 is 9.47 Å². The van der Waals surface area contributed by atoms with Crippen molar-refractivity contribution in [1.82, 2.24) is 5.32 Å². The summed E-state index contributed by atoms with van der Waals surface area (Å²) in [4.78, 5) is 4.41. The molecule has 0 fully saturated rings. The highest BCUT2D eigenvalue weighted by atomic mass is 16.5. The standard InChI is InChI=1S/C17H18N2O2/c1-20-15-3-2-4-16(11-15)21-12-13-5-7-14(8-6-13)17-18-9-10-19-17/h2-8,11H,9-10,12H2,1H3,(H,18,19). The van der Waals surface area contributed by atoms with Crippen molar-refractivity contribution in [2.24, 2.45) is 4.99 Å². The SMILES string of the molecule is COc1cccc(OCc2ccc(C3=NCCN3)cc2)c1. The van der Waals surface area contributed by atoms with E-state index in [-0.39, 0.29) is 0 Å². The molecule has 0 atom stereocenters. The molecule has 0 spiro atoms. The van der Waals surface area contributed by atoms with E-state index in [1.165, 1.54) is 0 Å². The summed E-state index contributed by atoms with van der Waals surface area (Å²) in [5, 5.41) is 3.27. The van der Waals surface area contributed by atoms with E-state index in [0.717, 1.165) is 41.6 Å². The first-order valence-electron chi connectivity index (χ1n) is 6.99. The van der Waals surface area contributed by atoms with Crippen molar-refractivity contribution in [2.45, 2.75) is 6.61 Å². The molecular weight excluding hydrogens is 264 g/mol. The fourth-order valence-corrected chi connectivity index (χ4v) is 2.21. The highest BCUT2D eigenvalue weighted by molar-refractivity contribution is 5.99. The zero-order valence-electron chi connectivity index (χ0n) is 12.0. The Hall–Kier alpha value is -2.49. The van der Waals surface area contributed by atoms with Crippen LogP contribution in [0.1, 0.15) is 11.1 Å². The van der Waals surface area contributed by atoms with Crippen LogP contribution in [-0.4, -0.2) is 26.0 Å². The van der Waals surface area contributed by atoms with Crippen LogP contribution in [-0.2, 0) is 6.61 Å². The summed E-state index contributed by atoms with van der Waals surface area (Å²) < 4.78 is 11.0. The lowest BCUT2D eigenvalue weighted by molar-refractivity contribution is 0.303. The van der Waals surface area contributed by atoms with Crippen molar-refractivity contribution in [3.05, 3.63) is 59.7 Å². The molecule has 1 heterocycles. The third-order valence-corrected chi connectivity index (χ3v) is 3.35. The van der Waals surface area contributed by atoms with Crippen LogP contribution in [0.15, 0.2) is 53.5 Å². The van der Waals surface area contributed by atoms with Gasteiger partial charge in [0.05, 0.1) is 13.7 Å². The van der Waals surface area contributed by atoms with Crippen LogP contribution in [0.3, 0.4) is 0 Å². The summed E-state index contributed by atoms with van der Waals surface area (Å²) in [6.07, 6.45) is 0. The number of benzene rings is 2. The van der Waals surface area contributed by atoms with Crippen molar-refractivity contribution in [3.63, 3.8) is 0 Å². The number of methoxy groups -OCH3 is 1. The van der Waals surface area contributed by atoms with Gasteiger partial charge in [0, 0.05) is 18.2 Å². The third-order valence-electron chi connectivity index (χ3n) is 3.35. The van der Waals surface area contributed by atoms with Crippen LogP contribution in [0.2, 0.25) is 0 Å². The molecule has 1 N–H and O–H groups in total. The maximum atomic E-state index is 5.77. The van der Waals surface area contributed by atoms with Gasteiger partial charge in [-0.25, -0.2) is 0 Å². The highest BCUT2D eigenvalue weighted by Crippen LogP contribution is 2.20. The van der Waals surface area contributed by atoms with Crippen LogP contribution in [0, 0.1) is 0 Å². The fourth-order valence-electron chi connectivity index (χ4n) is 2.21. The van der Waals surface area contributed by atoms with Gasteiger partial charge in [-0.15, -0.1) is 0 Å². The highest BCUT2D eigenvalue weighted by Gasteiger charge is 2.07. The number of rotatable bonds is 5. The van der Waals surface area contributed by atoms with E-state index in [1.807, 2.05) is 24.3 Å². The second kappa shape index (κ2) is 6.31. The average Bonchev–Trinajstić information content (AvgIpc) is 3.08. The number of nitrogens with one attached hydrogen (secondary N) is 1. The molecule has 1 aliphatic heterocycles. The van der Waals surface area contributed by atoms with E-state index in [0.29, 0.717) is 6.61 Å². The minimum absolute atomic E-state index is 0.535. The lowest BCUT2D eigenvalue weighted by Gasteiger charge is -2.08. The Morgan fingerprint density at radius 1 is 1.10 bits per heavy atom. The molecule has 3 rings (SSSR count). The van der Waals surface area contributed by atoms with Crippen LogP contribution in [0.4, 0.5) is 0 Å². The molecule has 0 bridgehead atoms. The monoisotopic (exact) mass is 282 g/mol. The Morgan fingerprint density at radius 3 is 2.62 bits per heavy atom. The summed E-state index contributed by atoms with van der Waals surface area (Å²) in [7, 11) is 1.65. The van der Waals surface area contributed by atoms with E-state index in [9.17, 15) is 0 Å². The van der Waals surface area contributed by atoms with Gasteiger partial charge in [0.2, 0.25) is 0 Å². The summed E-state index contributed by atoms with van der Waals surface area (Å²) in [5.74, 6) is 2.59. The summed E-state index contributed by atoms with van der Waals surface area (Å²) in [5.41, 5.74) is 2.25. The molecular formula is C17H18N2O2. The van der Waals surface area contributed by atoms with Gasteiger partial charge in [-0.05, 0) is 17.7 Å². The molecule has 0 unspecified atom stereocenters. The van der Waals surface area contributed by atoms with E-state index in [4.69, 9.17) is 9.47 Å². The van der Waals surface area contributed by atoms with Gasteiger partial charge in [0.1, 0.15) is 23.9 Å². The Labute approximate surface area is 124 Å². The first-order chi connectivity index (χ1) is 10.3. The smallest absolute Gasteiger partial charge is 0.128 e. The molecule has 4 nitrogen and oxygen atoms in total. The van der Waals surface area contributed by atoms with Gasteiger partial charge in [-0.3, -0.25) is 4.99 Å². The van der Waals surface area contributed by atoms with Gasteiger partial charge in [0.15, 0.2) is 0 Å². The zero-order valence-corrected chi connectivity index (χ0v) is 12.0. The maximum Gasteiger partial charge on any atom is 0.128 e. The molecule has 21 heavy (non-hydrogen) atoms. The first kappa shape index (κ1) is 13.5. The Morgan fingerprint density at radius 2 is 1.90 bits per heavy atom. The van der Waals surface area contributed by atoms with E-state index >= 15 is 0 Å². The fraction of sp³-hybridized carbons (Fsp3) is 0.235. The van der Waals surface area contributed by atoms with Crippen molar-refractivity contribution in [3.8, 4) is 11.5 Å². The Kier molecular flexibility index (Phi) is 4.05. The van der Waals surface area contributed by atoms with Crippen LogP contribution < -0.4 is 14.8 Å². The van der Waals surface area contributed by atoms with Gasteiger partial charge in [-0.2, -0.15) is 0 Å². The van der Waals surface area contributed by atoms with E-state index in [1.54, 1.807) is 7.11 Å². The quantitative estimate of drug-likeness (QED) is 0.916. The number of ether oxygens (including phenoxy) is 2. The number of aliphatic imine (C=N–C) groups is 1. The number of hydrogen-bond donors (Lipinski definition) is 1. The maximum absolute atomic E-state index is 5.77. The summed E-state index contributed by atoms with van der Waals surface area (Å²) in [6.45, 7) is 2.32. The van der Waals surface area contributed by atoms with Crippen molar-refractivity contribution in [2.75, 3.05) is 20.2 Å². The Balaban J connectivity index is 1.62. The molecule has 0 saturated carbocycles. The molecule has 0 aromatic heterocycles. The molecule has 108 valence electrons. The third kappa shape index (κ3) is 3.34. The zero-order chi connectivity index (χ0) is 14.5. The average molecular weight is 282 g/mol. The minimum Gasteiger partial charge on any atom is -0.497 e. The summed E-state index contributed by atoms with van der Waals surface area (Å²) in [6, 6.07) is 15.9. The normalized spacial score (nSPS) is 13.5. The van der Waals surface area contributed by atoms with E-state index < -0.39 is 0 Å². The second-order valence-electron chi connectivity index (χ2n) is 4.82. The largest absolute Gasteiger partial charge is 0.497 e. The van der Waals surface area contributed by atoms with E-state index in [2.05, 4.69) is 34.6 Å². The predicted molar refractivity (Wildman–Crippen MR) is 83.2 cm³/mol. The number of nitrogens with zero attached hydrogens (tertiary/aromatic N) is 1. The van der Waals surface area contributed by atoms with Gasteiger partial charge in [0.25, 0.3) is 0 Å². The summed E-state index contributed by atoms with van der Waals surface area (Å²) >= 11 is 0. The topological polar surface area (TPSA) is 42.9 Å². The van der Waals surface area contributed by atoms with Crippen molar-refractivity contribution in [1.29, 1.82) is 0 Å². The first-order valence-corrected chi connectivity index (χ1v) is 6.99. The number of hydrogen-bond acceptors (Lipinski definition) is 4. The van der Waals surface area contributed by atoms with Crippen LogP contribution >= 0.6 is 0 Å². The number of amidine groups is 1. The van der Waals surface area contributed by atoms with Gasteiger partial charge >= 0.3 is 0 Å². The van der Waals surface area contributed by atoms with Crippen molar-refractivity contribution >= 4 is 5.84 Å². The predicted octanol–water partition coefficient (Wildman–Crippen LogP) is 2.62. The molecule has 0 saturated heterocycles. The molecule has 2 aromatic carbocycles. The van der Waals surface area contributed by atoms with Gasteiger partial charge < -0.3 is 14.8 Å². The van der Waals surface area contributed by atoms with Crippen LogP contribution in [0.25, 0.3) is 0 Å². The minimum atomic E-state index is 0.535. The molecule has 1 aliphatic rings. The molecule has 0 radical (unpaired) electrons.